The van der Waals surface area contributed by atoms with Crippen molar-refractivity contribution in [3.63, 3.8) is 0 Å². The molecule has 122 valence electrons. The van der Waals surface area contributed by atoms with Gasteiger partial charge in [0, 0.05) is 32.8 Å². The lowest BCUT2D eigenvalue weighted by Crippen LogP contribution is -2.55. The molecular formula is C14H27N3O4. The summed E-state index contributed by atoms with van der Waals surface area (Å²) in [5.41, 5.74) is 5.79. The molecule has 1 aliphatic rings. The molecule has 1 saturated heterocycles. The molecule has 1 aliphatic heterocycles. The Hall–Kier alpha value is -1.34. The van der Waals surface area contributed by atoms with Crippen molar-refractivity contribution in [2.45, 2.75) is 32.7 Å². The van der Waals surface area contributed by atoms with Gasteiger partial charge in [0.25, 0.3) is 0 Å². The van der Waals surface area contributed by atoms with Gasteiger partial charge in [-0.1, -0.05) is 13.3 Å². The molecule has 2 N–H and O–H groups in total. The number of nitrogens with two attached hydrogens (primary N) is 1. The molecule has 1 rings (SSSR count). The van der Waals surface area contributed by atoms with Crippen molar-refractivity contribution >= 4 is 12.0 Å². The summed E-state index contributed by atoms with van der Waals surface area (Å²) in [6.07, 6.45) is 1.57. The lowest BCUT2D eigenvalue weighted by Gasteiger charge is -2.35. The number of unbranched alkanes of at least 4 members (excludes halogenated alkanes) is 1. The molecule has 0 aliphatic carbocycles. The summed E-state index contributed by atoms with van der Waals surface area (Å²) in [6.45, 7) is 7.07. The van der Waals surface area contributed by atoms with Crippen LogP contribution in [0.1, 0.15) is 26.7 Å². The first-order chi connectivity index (χ1) is 10.1. The highest BCUT2D eigenvalue weighted by Crippen LogP contribution is 2.06. The Balaban J connectivity index is 2.31. The van der Waals surface area contributed by atoms with E-state index in [4.69, 9.17) is 15.2 Å². The monoisotopic (exact) mass is 301 g/mol. The lowest BCUT2D eigenvalue weighted by molar-refractivity contribution is -0.135. The first kappa shape index (κ1) is 17.7. The van der Waals surface area contributed by atoms with E-state index in [0.29, 0.717) is 39.4 Å². The number of carbonyl (C=O) groups is 2. The van der Waals surface area contributed by atoms with Gasteiger partial charge in [-0.2, -0.15) is 0 Å². The lowest BCUT2D eigenvalue weighted by atomic mass is 10.2. The molecule has 0 saturated carbocycles. The van der Waals surface area contributed by atoms with Crippen molar-refractivity contribution < 1.29 is 19.1 Å². The molecule has 0 unspecified atom stereocenters. The van der Waals surface area contributed by atoms with E-state index in [9.17, 15) is 9.59 Å². The fourth-order valence-corrected chi connectivity index (χ4v) is 2.06. The van der Waals surface area contributed by atoms with Crippen LogP contribution >= 0.6 is 0 Å². The summed E-state index contributed by atoms with van der Waals surface area (Å²) >= 11 is 0. The van der Waals surface area contributed by atoms with Crippen molar-refractivity contribution in [1.82, 2.24) is 9.80 Å². The SMILES string of the molecule is CCCCOC(=O)N1CCN(C(=O)[C@@H](N)COCC)CC1. The third kappa shape index (κ3) is 5.89. The second-order valence-corrected chi connectivity index (χ2v) is 5.05. The minimum absolute atomic E-state index is 0.123. The van der Waals surface area contributed by atoms with Gasteiger partial charge >= 0.3 is 6.09 Å². The summed E-state index contributed by atoms with van der Waals surface area (Å²) < 4.78 is 10.3. The van der Waals surface area contributed by atoms with Crippen LogP contribution in [0.2, 0.25) is 0 Å². The van der Waals surface area contributed by atoms with Gasteiger partial charge in [0.05, 0.1) is 13.2 Å². The highest BCUT2D eigenvalue weighted by Gasteiger charge is 2.27. The number of piperazine rings is 1. The molecule has 0 aromatic rings. The van der Waals surface area contributed by atoms with E-state index in [-0.39, 0.29) is 18.6 Å². The van der Waals surface area contributed by atoms with E-state index in [0.717, 1.165) is 12.8 Å². The smallest absolute Gasteiger partial charge is 0.409 e. The van der Waals surface area contributed by atoms with Crippen LogP contribution in [0.15, 0.2) is 0 Å². The summed E-state index contributed by atoms with van der Waals surface area (Å²) in [5, 5.41) is 0. The summed E-state index contributed by atoms with van der Waals surface area (Å²) in [6, 6.07) is -0.631. The Labute approximate surface area is 126 Å². The maximum absolute atomic E-state index is 12.1. The zero-order valence-corrected chi connectivity index (χ0v) is 13.0. The molecule has 1 fully saturated rings. The maximum Gasteiger partial charge on any atom is 0.409 e. The highest BCUT2D eigenvalue weighted by molar-refractivity contribution is 5.82. The average molecular weight is 301 g/mol. The van der Waals surface area contributed by atoms with Gasteiger partial charge in [0.2, 0.25) is 5.91 Å². The summed E-state index contributed by atoms with van der Waals surface area (Å²) in [5.74, 6) is -0.123. The number of nitrogens with zero attached hydrogens (tertiary/aromatic N) is 2. The first-order valence-electron chi connectivity index (χ1n) is 7.63. The first-order valence-corrected chi connectivity index (χ1v) is 7.63. The zero-order chi connectivity index (χ0) is 15.7. The molecule has 1 atom stereocenters. The number of rotatable bonds is 7. The van der Waals surface area contributed by atoms with Crippen molar-refractivity contribution in [1.29, 1.82) is 0 Å². The van der Waals surface area contributed by atoms with E-state index in [2.05, 4.69) is 0 Å². The predicted octanol–water partition coefficient (Wildman–Crippen LogP) is 0.431. The molecule has 0 aromatic heterocycles. The quantitative estimate of drug-likeness (QED) is 0.689. The van der Waals surface area contributed by atoms with E-state index in [1.165, 1.54) is 0 Å². The third-order valence-electron chi connectivity index (χ3n) is 3.39. The van der Waals surface area contributed by atoms with Crippen LogP contribution in [0.3, 0.4) is 0 Å². The molecule has 0 spiro atoms. The Kier molecular flexibility index (Phi) is 8.07. The van der Waals surface area contributed by atoms with Crippen LogP contribution in [0.25, 0.3) is 0 Å². The molecule has 0 aromatic carbocycles. The number of amides is 2. The van der Waals surface area contributed by atoms with Gasteiger partial charge in [0.15, 0.2) is 0 Å². The van der Waals surface area contributed by atoms with Crippen LogP contribution in [-0.4, -0.2) is 73.8 Å². The number of carbonyl (C=O) groups excluding carboxylic acids is 2. The van der Waals surface area contributed by atoms with Crippen LogP contribution in [0.5, 0.6) is 0 Å². The number of hydrogen-bond acceptors (Lipinski definition) is 5. The summed E-state index contributed by atoms with van der Waals surface area (Å²) in [7, 11) is 0. The molecule has 1 heterocycles. The van der Waals surface area contributed by atoms with E-state index in [1.54, 1.807) is 9.80 Å². The minimum atomic E-state index is -0.631. The van der Waals surface area contributed by atoms with Gasteiger partial charge in [-0.25, -0.2) is 4.79 Å². The van der Waals surface area contributed by atoms with Crippen molar-refractivity contribution in [2.24, 2.45) is 5.73 Å². The molecule has 0 radical (unpaired) electrons. The third-order valence-corrected chi connectivity index (χ3v) is 3.39. The van der Waals surface area contributed by atoms with Gasteiger partial charge in [-0.3, -0.25) is 4.79 Å². The van der Waals surface area contributed by atoms with Gasteiger partial charge < -0.3 is 25.0 Å². The number of ether oxygens (including phenoxy) is 2. The zero-order valence-electron chi connectivity index (χ0n) is 13.0. The van der Waals surface area contributed by atoms with Gasteiger partial charge in [0.1, 0.15) is 6.04 Å². The molecule has 0 bridgehead atoms. The maximum atomic E-state index is 12.1. The summed E-state index contributed by atoms with van der Waals surface area (Å²) in [4.78, 5) is 27.2. The highest BCUT2D eigenvalue weighted by atomic mass is 16.6. The van der Waals surface area contributed by atoms with Crippen LogP contribution in [0, 0.1) is 0 Å². The Morgan fingerprint density at radius 2 is 1.76 bits per heavy atom. The van der Waals surface area contributed by atoms with E-state index >= 15 is 0 Å². The number of hydrogen-bond donors (Lipinski definition) is 1. The predicted molar refractivity (Wildman–Crippen MR) is 78.9 cm³/mol. The Bertz CT molecular complexity index is 330. The topological polar surface area (TPSA) is 85.1 Å². The second-order valence-electron chi connectivity index (χ2n) is 5.05. The van der Waals surface area contributed by atoms with Gasteiger partial charge in [-0.05, 0) is 13.3 Å². The fourth-order valence-electron chi connectivity index (χ4n) is 2.06. The van der Waals surface area contributed by atoms with Crippen LogP contribution in [0.4, 0.5) is 4.79 Å². The van der Waals surface area contributed by atoms with E-state index in [1.807, 2.05) is 13.8 Å². The second kappa shape index (κ2) is 9.57. The van der Waals surface area contributed by atoms with Crippen molar-refractivity contribution in [2.75, 3.05) is 46.0 Å². The molecule has 7 heteroatoms. The van der Waals surface area contributed by atoms with E-state index < -0.39 is 6.04 Å². The largest absolute Gasteiger partial charge is 0.449 e. The minimum Gasteiger partial charge on any atom is -0.449 e. The standard InChI is InChI=1S/C14H27N3O4/c1-3-5-10-21-14(19)17-8-6-16(7-9-17)13(18)12(15)11-20-4-2/h12H,3-11,15H2,1-2H3/t12-/m0/s1. The van der Waals surface area contributed by atoms with Crippen LogP contribution in [-0.2, 0) is 14.3 Å². The van der Waals surface area contributed by atoms with Crippen LogP contribution < -0.4 is 5.73 Å². The average Bonchev–Trinajstić information content (AvgIpc) is 2.52. The normalized spacial score (nSPS) is 16.7. The molecular weight excluding hydrogens is 274 g/mol. The van der Waals surface area contributed by atoms with Crippen molar-refractivity contribution in [3.05, 3.63) is 0 Å². The fraction of sp³-hybridized carbons (Fsp3) is 0.857. The van der Waals surface area contributed by atoms with Crippen molar-refractivity contribution in [3.8, 4) is 0 Å². The molecule has 2 amide bonds. The molecule has 7 nitrogen and oxygen atoms in total. The molecule has 21 heavy (non-hydrogen) atoms. The van der Waals surface area contributed by atoms with Gasteiger partial charge in [-0.15, -0.1) is 0 Å². The Morgan fingerprint density at radius 1 is 1.14 bits per heavy atom. The Morgan fingerprint density at radius 3 is 2.33 bits per heavy atom.